The van der Waals surface area contributed by atoms with Crippen molar-refractivity contribution in [1.82, 2.24) is 15.2 Å². The maximum atomic E-state index is 12.7. The largest absolute Gasteiger partial charge is 0.492 e. The number of nitriles is 1. The molecule has 1 aromatic heterocycles. The molecular formula is C33H34N6O3. The molecule has 0 saturated heterocycles. The molecule has 9 heteroatoms. The number of pyridine rings is 1. The lowest BCUT2D eigenvalue weighted by Crippen LogP contribution is -2.13. The van der Waals surface area contributed by atoms with Crippen LogP contribution >= 0.6 is 0 Å². The van der Waals surface area contributed by atoms with E-state index in [-0.39, 0.29) is 5.91 Å². The zero-order valence-electron chi connectivity index (χ0n) is 24.2. The molecule has 0 bridgehead atoms. The van der Waals surface area contributed by atoms with Crippen LogP contribution in [0.1, 0.15) is 18.1 Å². The van der Waals surface area contributed by atoms with Crippen LogP contribution in [0.4, 0.5) is 17.1 Å². The standard InChI is InChI=1S/C33H34N6O3/c1-6-9-24-17-26(13-14-35-24)42-30-12-11-25(16-22(30)3)37-33-23(20-34)21-36-28-19-31(41-7-2)29(18-27(28)33)38-32(40)10-8-15-39(4)5/h6,8-14,16-19,21,35H,1,7,15H2,2-5H3,(H,36,37)(H,38,40)/b10-8+,24-9-. The van der Waals surface area contributed by atoms with Crippen molar-refractivity contribution in [2.75, 3.05) is 37.9 Å². The number of likely N-dealkylation sites (N-methyl/N-ethyl adjacent to an activating group) is 1. The molecule has 0 unspecified atom stereocenters. The summed E-state index contributed by atoms with van der Waals surface area (Å²) >= 11 is 0. The van der Waals surface area contributed by atoms with E-state index in [1.165, 1.54) is 12.3 Å². The smallest absolute Gasteiger partial charge is 0.248 e. The highest BCUT2D eigenvalue weighted by Crippen LogP contribution is 2.37. The van der Waals surface area contributed by atoms with Crippen LogP contribution in [0.15, 0.2) is 97.2 Å². The van der Waals surface area contributed by atoms with Crippen LogP contribution in [0.3, 0.4) is 0 Å². The molecule has 0 fully saturated rings. The zero-order valence-corrected chi connectivity index (χ0v) is 24.2. The number of hydrogen-bond donors (Lipinski definition) is 3. The van der Waals surface area contributed by atoms with Gasteiger partial charge >= 0.3 is 0 Å². The maximum Gasteiger partial charge on any atom is 0.248 e. The van der Waals surface area contributed by atoms with Gasteiger partial charge in [0, 0.05) is 53.9 Å². The number of ether oxygens (including phenoxy) is 2. The van der Waals surface area contributed by atoms with Crippen molar-refractivity contribution in [3.8, 4) is 17.6 Å². The van der Waals surface area contributed by atoms with E-state index in [1.807, 2.05) is 75.5 Å². The van der Waals surface area contributed by atoms with Crippen LogP contribution in [0.25, 0.3) is 10.9 Å². The number of aromatic nitrogens is 1. The van der Waals surface area contributed by atoms with E-state index in [1.54, 1.807) is 24.3 Å². The highest BCUT2D eigenvalue weighted by molar-refractivity contribution is 6.04. The highest BCUT2D eigenvalue weighted by Gasteiger charge is 2.16. The van der Waals surface area contributed by atoms with Gasteiger partial charge in [0.05, 0.1) is 29.1 Å². The van der Waals surface area contributed by atoms with Crippen LogP contribution in [0, 0.1) is 18.3 Å². The summed E-state index contributed by atoms with van der Waals surface area (Å²) in [6.45, 7) is 8.60. The third kappa shape index (κ3) is 7.44. The van der Waals surface area contributed by atoms with Crippen LogP contribution in [0.2, 0.25) is 0 Å². The predicted molar refractivity (Wildman–Crippen MR) is 168 cm³/mol. The summed E-state index contributed by atoms with van der Waals surface area (Å²) < 4.78 is 11.9. The first-order valence-electron chi connectivity index (χ1n) is 13.5. The SMILES string of the molecule is C=C/C=C1/C=C(Oc2ccc(Nc3c(C#N)cnc4cc(OCC)c(NC(=O)/C=C/CN(C)C)cc34)cc2C)C=CN1. The number of dihydropyridines is 1. The fourth-order valence-electron chi connectivity index (χ4n) is 4.22. The number of carbonyl (C=O) groups excluding carboxylic acids is 1. The molecular weight excluding hydrogens is 528 g/mol. The van der Waals surface area contributed by atoms with Gasteiger partial charge in [0.2, 0.25) is 5.91 Å². The minimum atomic E-state index is -0.284. The molecule has 1 aliphatic heterocycles. The van der Waals surface area contributed by atoms with Crippen molar-refractivity contribution in [3.63, 3.8) is 0 Å². The molecule has 1 amide bonds. The Labute approximate surface area is 246 Å². The lowest BCUT2D eigenvalue weighted by atomic mass is 10.1. The van der Waals surface area contributed by atoms with E-state index in [0.29, 0.717) is 58.3 Å². The molecule has 2 heterocycles. The minimum Gasteiger partial charge on any atom is -0.492 e. The van der Waals surface area contributed by atoms with E-state index in [9.17, 15) is 10.1 Å². The Kier molecular flexibility index (Phi) is 9.77. The van der Waals surface area contributed by atoms with Crippen LogP contribution in [-0.4, -0.2) is 43.0 Å². The number of amides is 1. The Hall–Kier alpha value is -5.33. The first kappa shape index (κ1) is 29.6. The molecule has 214 valence electrons. The van der Waals surface area contributed by atoms with Crippen molar-refractivity contribution in [3.05, 3.63) is 108 Å². The van der Waals surface area contributed by atoms with Gasteiger partial charge in [0.15, 0.2) is 0 Å². The second-order valence-electron chi connectivity index (χ2n) is 9.70. The van der Waals surface area contributed by atoms with Crippen molar-refractivity contribution in [1.29, 1.82) is 5.26 Å². The fourth-order valence-corrected chi connectivity index (χ4v) is 4.22. The molecule has 0 aliphatic carbocycles. The number of nitrogens with zero attached hydrogens (tertiary/aromatic N) is 3. The average molecular weight is 563 g/mol. The lowest BCUT2D eigenvalue weighted by molar-refractivity contribution is -0.111. The number of nitrogens with one attached hydrogen (secondary N) is 3. The summed E-state index contributed by atoms with van der Waals surface area (Å²) in [5.41, 5.74) is 4.56. The highest BCUT2D eigenvalue weighted by atomic mass is 16.5. The molecule has 0 spiro atoms. The van der Waals surface area contributed by atoms with Crippen molar-refractivity contribution in [2.45, 2.75) is 13.8 Å². The average Bonchev–Trinajstić information content (AvgIpc) is 2.95. The number of carbonyl (C=O) groups is 1. The molecule has 2 aromatic carbocycles. The van der Waals surface area contributed by atoms with Crippen molar-refractivity contribution in [2.24, 2.45) is 0 Å². The van der Waals surface area contributed by atoms with E-state index in [0.717, 1.165) is 16.9 Å². The van der Waals surface area contributed by atoms with Gasteiger partial charge in [-0.2, -0.15) is 5.26 Å². The van der Waals surface area contributed by atoms with Gasteiger partial charge in [0.25, 0.3) is 0 Å². The van der Waals surface area contributed by atoms with Gasteiger partial charge in [0.1, 0.15) is 23.3 Å². The number of allylic oxidation sites excluding steroid dienone is 4. The summed E-state index contributed by atoms with van der Waals surface area (Å²) in [7, 11) is 3.85. The van der Waals surface area contributed by atoms with Crippen molar-refractivity contribution < 1.29 is 14.3 Å². The third-order valence-corrected chi connectivity index (χ3v) is 6.15. The zero-order chi connectivity index (χ0) is 30.1. The number of benzene rings is 2. The van der Waals surface area contributed by atoms with Crippen LogP contribution in [-0.2, 0) is 4.79 Å². The predicted octanol–water partition coefficient (Wildman–Crippen LogP) is 6.06. The molecule has 4 rings (SSSR count). The number of anilines is 3. The molecule has 42 heavy (non-hydrogen) atoms. The van der Waals surface area contributed by atoms with Gasteiger partial charge in [-0.1, -0.05) is 18.7 Å². The summed E-state index contributed by atoms with van der Waals surface area (Å²) in [4.78, 5) is 19.1. The first-order valence-corrected chi connectivity index (χ1v) is 13.5. The molecule has 0 radical (unpaired) electrons. The first-order chi connectivity index (χ1) is 20.3. The normalized spacial score (nSPS) is 13.5. The Morgan fingerprint density at radius 3 is 2.79 bits per heavy atom. The van der Waals surface area contributed by atoms with Gasteiger partial charge in [-0.05, 0) is 69.9 Å². The van der Waals surface area contributed by atoms with Crippen molar-refractivity contribution >= 4 is 33.9 Å². The van der Waals surface area contributed by atoms with Gasteiger partial charge in [-0.15, -0.1) is 0 Å². The molecule has 3 N–H and O–H groups in total. The molecule has 0 atom stereocenters. The summed E-state index contributed by atoms with van der Waals surface area (Å²) in [5, 5.41) is 20.0. The van der Waals surface area contributed by atoms with Gasteiger partial charge < -0.3 is 30.3 Å². The lowest BCUT2D eigenvalue weighted by Gasteiger charge is -2.17. The third-order valence-electron chi connectivity index (χ3n) is 6.15. The van der Waals surface area contributed by atoms with E-state index in [4.69, 9.17) is 9.47 Å². The second-order valence-corrected chi connectivity index (χ2v) is 9.70. The summed E-state index contributed by atoms with van der Waals surface area (Å²) in [6, 6.07) is 11.5. The summed E-state index contributed by atoms with van der Waals surface area (Å²) in [6.07, 6.45) is 13.9. The molecule has 0 saturated carbocycles. The maximum absolute atomic E-state index is 12.7. The number of fused-ring (bicyclic) bond motifs is 1. The Morgan fingerprint density at radius 2 is 2.07 bits per heavy atom. The van der Waals surface area contributed by atoms with E-state index in [2.05, 4.69) is 33.6 Å². The van der Waals surface area contributed by atoms with E-state index >= 15 is 0 Å². The van der Waals surface area contributed by atoms with Gasteiger partial charge in [-0.25, -0.2) is 0 Å². The quantitative estimate of drug-likeness (QED) is 0.242. The number of rotatable bonds is 11. The van der Waals surface area contributed by atoms with Crippen LogP contribution in [0.5, 0.6) is 11.5 Å². The number of aryl methyl sites for hydroxylation is 1. The molecule has 9 nitrogen and oxygen atoms in total. The Bertz CT molecular complexity index is 1660. The number of hydrogen-bond acceptors (Lipinski definition) is 8. The summed E-state index contributed by atoms with van der Waals surface area (Å²) in [5.74, 6) is 1.60. The van der Waals surface area contributed by atoms with E-state index < -0.39 is 0 Å². The van der Waals surface area contributed by atoms with Crippen LogP contribution < -0.4 is 25.4 Å². The molecule has 3 aromatic rings. The Balaban J connectivity index is 1.66. The monoisotopic (exact) mass is 562 g/mol. The second kappa shape index (κ2) is 13.8. The fraction of sp³-hybridized carbons (Fsp3) is 0.182. The molecule has 1 aliphatic rings. The minimum absolute atomic E-state index is 0.284. The Morgan fingerprint density at radius 1 is 1.24 bits per heavy atom. The van der Waals surface area contributed by atoms with Gasteiger partial charge in [-0.3, -0.25) is 9.78 Å². The topological polar surface area (TPSA) is 112 Å².